The minimum Gasteiger partial charge on any atom is -0.443 e. The number of nitrogens with one attached hydrogen (secondary N) is 2. The van der Waals surface area contributed by atoms with Crippen LogP contribution in [0.3, 0.4) is 0 Å². The second-order valence-corrected chi connectivity index (χ2v) is 10.9. The molecular weight excluding hydrogens is 478 g/mol. The van der Waals surface area contributed by atoms with Crippen molar-refractivity contribution in [1.82, 2.24) is 9.62 Å². The summed E-state index contributed by atoms with van der Waals surface area (Å²) in [7, 11) is -3.65. The number of carbonyl (C=O) groups is 1. The number of nitrogens with two attached hydrogens (primary N) is 1. The van der Waals surface area contributed by atoms with E-state index in [2.05, 4.69) is 9.62 Å². The molecule has 4 N–H and O–H groups in total. The molecule has 0 aliphatic carbocycles. The molecule has 2 fully saturated rings. The van der Waals surface area contributed by atoms with E-state index in [1.807, 2.05) is 30.3 Å². The van der Waals surface area contributed by atoms with Crippen molar-refractivity contribution < 1.29 is 17.9 Å². The highest BCUT2D eigenvalue weighted by Crippen LogP contribution is 2.25. The molecule has 9 nitrogen and oxygen atoms in total. The lowest BCUT2D eigenvalue weighted by Gasteiger charge is -2.33. The molecule has 2 saturated heterocycles. The molecule has 0 spiro atoms. The van der Waals surface area contributed by atoms with Gasteiger partial charge in [-0.1, -0.05) is 36.4 Å². The number of benzene rings is 3. The summed E-state index contributed by atoms with van der Waals surface area (Å²) in [5.74, 6) is -0.0220. The van der Waals surface area contributed by atoms with Gasteiger partial charge in [-0.3, -0.25) is 15.2 Å². The van der Waals surface area contributed by atoms with E-state index in [-0.39, 0.29) is 18.0 Å². The zero-order chi connectivity index (χ0) is 25.3. The Hall–Kier alpha value is -3.47. The molecule has 10 heteroatoms. The van der Waals surface area contributed by atoms with Gasteiger partial charge in [0.05, 0.1) is 11.4 Å². The molecule has 3 aromatic rings. The summed E-state index contributed by atoms with van der Waals surface area (Å²) in [4.78, 5) is 16.5. The Bertz CT molecular complexity index is 1380. The third-order valence-corrected chi connectivity index (χ3v) is 8.35. The lowest BCUT2D eigenvalue weighted by molar-refractivity contribution is 0.0968. The summed E-state index contributed by atoms with van der Waals surface area (Å²) in [6, 6.07) is 19.6. The molecule has 5 rings (SSSR count). The number of carbonyl (C=O) groups excluding carboxylic acids is 1. The van der Waals surface area contributed by atoms with Crippen molar-refractivity contribution in [1.29, 1.82) is 5.41 Å². The van der Waals surface area contributed by atoms with Gasteiger partial charge in [0.2, 0.25) is 10.0 Å². The van der Waals surface area contributed by atoms with Crippen molar-refractivity contribution in [3.8, 4) is 0 Å². The maximum absolute atomic E-state index is 13.1. The van der Waals surface area contributed by atoms with Crippen LogP contribution in [0, 0.1) is 5.41 Å². The lowest BCUT2D eigenvalue weighted by Crippen LogP contribution is -2.46. The predicted molar refractivity (Wildman–Crippen MR) is 139 cm³/mol. The molecule has 0 bridgehead atoms. The minimum atomic E-state index is -3.65. The van der Waals surface area contributed by atoms with Crippen LogP contribution in [0.5, 0.6) is 0 Å². The standard InChI is InChI=1S/C26H29N5O4S/c27-25(28)19-8-10-21(11-9-19)31-17-22(35-26(31)32)16-30-14-12-20(13-15-30)29-36(33,34)24-7-3-5-18-4-1-2-6-23(18)24/h1-11,20,22,29H,12-17H2,(H3,27,28). The van der Waals surface area contributed by atoms with Crippen molar-refractivity contribution in [3.05, 3.63) is 72.3 Å². The zero-order valence-electron chi connectivity index (χ0n) is 19.8. The van der Waals surface area contributed by atoms with Crippen LogP contribution in [0.2, 0.25) is 0 Å². The molecule has 1 amide bonds. The molecular formula is C26H29N5O4S. The molecule has 2 aliphatic rings. The summed E-state index contributed by atoms with van der Waals surface area (Å²) in [6.07, 6.45) is 0.698. The van der Waals surface area contributed by atoms with Crippen LogP contribution in [-0.2, 0) is 14.8 Å². The number of amidine groups is 1. The van der Waals surface area contributed by atoms with E-state index < -0.39 is 16.1 Å². The fraction of sp³-hybridized carbons (Fsp3) is 0.308. The van der Waals surface area contributed by atoms with Gasteiger partial charge in [-0.15, -0.1) is 0 Å². The summed E-state index contributed by atoms with van der Waals surface area (Å²) in [6.45, 7) is 2.45. The first-order valence-electron chi connectivity index (χ1n) is 12.0. The SMILES string of the molecule is N=C(N)c1ccc(N2CC(CN3CCC(NS(=O)(=O)c4cccc5ccccc45)CC3)OC2=O)cc1. The minimum absolute atomic E-state index is 0.0220. The Morgan fingerprint density at radius 2 is 1.72 bits per heavy atom. The molecule has 1 unspecified atom stereocenters. The third-order valence-electron chi connectivity index (χ3n) is 6.77. The van der Waals surface area contributed by atoms with Crippen molar-refractivity contribution in [2.75, 3.05) is 31.1 Å². The van der Waals surface area contributed by atoms with Gasteiger partial charge < -0.3 is 10.5 Å². The van der Waals surface area contributed by atoms with Crippen LogP contribution in [-0.4, -0.2) is 63.6 Å². The maximum Gasteiger partial charge on any atom is 0.414 e. The Balaban J connectivity index is 1.15. The van der Waals surface area contributed by atoms with Crippen LogP contribution < -0.4 is 15.4 Å². The number of hydrogen-bond donors (Lipinski definition) is 3. The Kier molecular flexibility index (Phi) is 6.65. The Labute approximate surface area is 210 Å². The van der Waals surface area contributed by atoms with Gasteiger partial charge in [0.1, 0.15) is 11.9 Å². The van der Waals surface area contributed by atoms with Gasteiger partial charge >= 0.3 is 6.09 Å². The number of amides is 1. The third kappa shape index (κ3) is 5.06. The molecule has 188 valence electrons. The highest BCUT2D eigenvalue weighted by Gasteiger charge is 2.34. The molecule has 3 aromatic carbocycles. The monoisotopic (exact) mass is 507 g/mol. The number of anilines is 1. The number of rotatable bonds is 7. The summed E-state index contributed by atoms with van der Waals surface area (Å²) in [5, 5.41) is 9.11. The first-order valence-corrected chi connectivity index (χ1v) is 13.4. The van der Waals surface area contributed by atoms with E-state index in [4.69, 9.17) is 15.9 Å². The number of nitrogen functional groups attached to an aromatic ring is 1. The first-order chi connectivity index (χ1) is 17.3. The quantitative estimate of drug-likeness (QED) is 0.333. The largest absolute Gasteiger partial charge is 0.443 e. The molecule has 0 radical (unpaired) electrons. The van der Waals surface area contributed by atoms with Crippen LogP contribution in [0.4, 0.5) is 10.5 Å². The number of cyclic esters (lactones) is 1. The fourth-order valence-electron chi connectivity index (χ4n) is 4.88. The van der Waals surface area contributed by atoms with E-state index in [1.165, 1.54) is 0 Å². The zero-order valence-corrected chi connectivity index (χ0v) is 20.6. The highest BCUT2D eigenvalue weighted by molar-refractivity contribution is 7.89. The highest BCUT2D eigenvalue weighted by atomic mass is 32.2. The van der Waals surface area contributed by atoms with Gasteiger partial charge in [0.25, 0.3) is 0 Å². The fourth-order valence-corrected chi connectivity index (χ4v) is 6.42. The average molecular weight is 508 g/mol. The number of piperidine rings is 1. The van der Waals surface area contributed by atoms with Crippen LogP contribution >= 0.6 is 0 Å². The number of nitrogens with zero attached hydrogens (tertiary/aromatic N) is 2. The number of fused-ring (bicyclic) bond motifs is 1. The van der Waals surface area contributed by atoms with E-state index in [9.17, 15) is 13.2 Å². The molecule has 0 aromatic heterocycles. The molecule has 1 atom stereocenters. The smallest absolute Gasteiger partial charge is 0.414 e. The van der Waals surface area contributed by atoms with Gasteiger partial charge in [-0.05, 0) is 61.6 Å². The second kappa shape index (κ2) is 9.88. The van der Waals surface area contributed by atoms with Gasteiger partial charge in [0, 0.05) is 29.2 Å². The summed E-state index contributed by atoms with van der Waals surface area (Å²) >= 11 is 0. The van der Waals surface area contributed by atoms with E-state index in [0.717, 1.165) is 5.39 Å². The average Bonchev–Trinajstić information content (AvgIpc) is 3.24. The Morgan fingerprint density at radius 3 is 2.44 bits per heavy atom. The van der Waals surface area contributed by atoms with Gasteiger partial charge in [-0.25, -0.2) is 17.9 Å². The second-order valence-electron chi connectivity index (χ2n) is 9.25. The number of sulfonamides is 1. The molecule has 2 aliphatic heterocycles. The molecule has 36 heavy (non-hydrogen) atoms. The number of ether oxygens (including phenoxy) is 1. The van der Waals surface area contributed by atoms with E-state index in [1.54, 1.807) is 41.3 Å². The first kappa shape index (κ1) is 24.2. The predicted octanol–water partition coefficient (Wildman–Crippen LogP) is 2.89. The van der Waals surface area contributed by atoms with Gasteiger partial charge in [-0.2, -0.15) is 0 Å². The van der Waals surface area contributed by atoms with E-state index in [0.29, 0.717) is 60.6 Å². The topological polar surface area (TPSA) is 129 Å². The molecule has 0 saturated carbocycles. The van der Waals surface area contributed by atoms with E-state index >= 15 is 0 Å². The normalized spacial score (nSPS) is 19.5. The van der Waals surface area contributed by atoms with Crippen molar-refractivity contribution in [3.63, 3.8) is 0 Å². The maximum atomic E-state index is 13.1. The molecule has 2 heterocycles. The number of likely N-dealkylation sites (tertiary alicyclic amines) is 1. The van der Waals surface area contributed by atoms with Crippen molar-refractivity contribution in [2.45, 2.75) is 29.9 Å². The summed E-state index contributed by atoms with van der Waals surface area (Å²) in [5.41, 5.74) is 6.80. The lowest BCUT2D eigenvalue weighted by atomic mass is 10.1. The van der Waals surface area contributed by atoms with Crippen LogP contribution in [0.25, 0.3) is 10.8 Å². The van der Waals surface area contributed by atoms with Crippen molar-refractivity contribution >= 4 is 38.4 Å². The summed E-state index contributed by atoms with van der Waals surface area (Å²) < 4.78 is 34.7. The number of hydrogen-bond acceptors (Lipinski definition) is 6. The van der Waals surface area contributed by atoms with Gasteiger partial charge in [0.15, 0.2) is 0 Å². The Morgan fingerprint density at radius 1 is 1.03 bits per heavy atom. The van der Waals surface area contributed by atoms with Crippen molar-refractivity contribution in [2.24, 2.45) is 5.73 Å². The van der Waals surface area contributed by atoms with Crippen LogP contribution in [0.15, 0.2) is 71.6 Å². The van der Waals surface area contributed by atoms with Crippen LogP contribution in [0.1, 0.15) is 18.4 Å².